The first-order valence-corrected chi connectivity index (χ1v) is 12.1. The summed E-state index contributed by atoms with van der Waals surface area (Å²) in [6.45, 7) is 6.05. The minimum atomic E-state index is -3.83. The third-order valence-corrected chi connectivity index (χ3v) is 7.91. The first-order valence-electron chi connectivity index (χ1n) is 10.6. The number of sulfonamides is 1. The van der Waals surface area contributed by atoms with Crippen LogP contribution in [0.1, 0.15) is 30.9 Å². The minimum absolute atomic E-state index is 0.0601. The summed E-state index contributed by atoms with van der Waals surface area (Å²) in [5, 5.41) is 5.59. The lowest BCUT2D eigenvalue weighted by Gasteiger charge is -2.31. The van der Waals surface area contributed by atoms with Crippen molar-refractivity contribution in [1.29, 1.82) is 0 Å². The number of nitrogens with one attached hydrogen (secondary N) is 2. The maximum atomic E-state index is 13.3. The number of ether oxygens (including phenoxy) is 1. The quantitative estimate of drug-likeness (QED) is 0.734. The SMILES string of the molecule is Cc1ccc(NC(=O)[C@@H]2CCCN(S(=O)(=O)c3ccc4c(c3)NC(=O)[C@H](C)O4)C2)cc1C. The summed E-state index contributed by atoms with van der Waals surface area (Å²) in [7, 11) is -3.83. The van der Waals surface area contributed by atoms with Gasteiger partial charge in [-0.15, -0.1) is 0 Å². The first kappa shape index (κ1) is 22.3. The van der Waals surface area contributed by atoms with Crippen molar-refractivity contribution in [1.82, 2.24) is 4.31 Å². The smallest absolute Gasteiger partial charge is 0.265 e. The molecule has 0 aromatic heterocycles. The molecule has 170 valence electrons. The molecule has 1 fully saturated rings. The number of nitrogens with zero attached hydrogens (tertiary/aromatic N) is 1. The molecule has 2 atom stereocenters. The van der Waals surface area contributed by atoms with Gasteiger partial charge in [0.15, 0.2) is 6.10 Å². The van der Waals surface area contributed by atoms with Crippen LogP contribution in [0.4, 0.5) is 11.4 Å². The van der Waals surface area contributed by atoms with Crippen molar-refractivity contribution in [2.75, 3.05) is 23.7 Å². The van der Waals surface area contributed by atoms with E-state index in [9.17, 15) is 18.0 Å². The van der Waals surface area contributed by atoms with Gasteiger partial charge in [-0.05, 0) is 75.1 Å². The molecular weight excluding hydrogens is 430 g/mol. The van der Waals surface area contributed by atoms with Crippen LogP contribution >= 0.6 is 0 Å². The van der Waals surface area contributed by atoms with Crippen LogP contribution in [0.15, 0.2) is 41.3 Å². The van der Waals surface area contributed by atoms with Crippen LogP contribution in [0, 0.1) is 19.8 Å². The van der Waals surface area contributed by atoms with Crippen LogP contribution in [0.3, 0.4) is 0 Å². The molecule has 0 saturated carbocycles. The lowest BCUT2D eigenvalue weighted by Crippen LogP contribution is -2.43. The molecule has 2 amide bonds. The third kappa shape index (κ3) is 4.35. The Hall–Kier alpha value is -2.91. The lowest BCUT2D eigenvalue weighted by molar-refractivity contribution is -0.123. The number of anilines is 2. The normalized spacial score (nSPS) is 21.3. The van der Waals surface area contributed by atoms with E-state index >= 15 is 0 Å². The number of carbonyl (C=O) groups excluding carboxylic acids is 2. The van der Waals surface area contributed by atoms with E-state index in [-0.39, 0.29) is 23.3 Å². The predicted molar refractivity (Wildman–Crippen MR) is 121 cm³/mol. The van der Waals surface area contributed by atoms with Crippen molar-refractivity contribution in [3.8, 4) is 5.75 Å². The summed E-state index contributed by atoms with van der Waals surface area (Å²) >= 11 is 0. The largest absolute Gasteiger partial charge is 0.479 e. The highest BCUT2D eigenvalue weighted by Crippen LogP contribution is 2.33. The van der Waals surface area contributed by atoms with E-state index in [1.54, 1.807) is 13.0 Å². The summed E-state index contributed by atoms with van der Waals surface area (Å²) in [5.74, 6) is -0.525. The van der Waals surface area contributed by atoms with Gasteiger partial charge in [-0.2, -0.15) is 4.31 Å². The molecule has 0 bridgehead atoms. The molecule has 32 heavy (non-hydrogen) atoms. The van der Waals surface area contributed by atoms with Gasteiger partial charge in [0.1, 0.15) is 5.75 Å². The highest BCUT2D eigenvalue weighted by atomic mass is 32.2. The van der Waals surface area contributed by atoms with Crippen molar-refractivity contribution >= 4 is 33.2 Å². The summed E-state index contributed by atoms with van der Waals surface area (Å²) in [6, 6.07) is 10.1. The average Bonchev–Trinajstić information content (AvgIpc) is 2.77. The highest BCUT2D eigenvalue weighted by Gasteiger charge is 2.34. The Morgan fingerprint density at radius 2 is 1.94 bits per heavy atom. The van der Waals surface area contributed by atoms with Crippen molar-refractivity contribution in [2.24, 2.45) is 5.92 Å². The van der Waals surface area contributed by atoms with Gasteiger partial charge in [-0.25, -0.2) is 8.42 Å². The molecule has 2 aliphatic rings. The number of fused-ring (bicyclic) bond motifs is 1. The van der Waals surface area contributed by atoms with Gasteiger partial charge < -0.3 is 15.4 Å². The molecule has 2 aromatic carbocycles. The molecule has 0 spiro atoms. The molecule has 2 aliphatic heterocycles. The second-order valence-corrected chi connectivity index (χ2v) is 10.3. The molecule has 0 radical (unpaired) electrons. The number of hydrogen-bond acceptors (Lipinski definition) is 5. The van der Waals surface area contributed by atoms with Gasteiger partial charge in [0.2, 0.25) is 15.9 Å². The number of piperidine rings is 1. The van der Waals surface area contributed by atoms with E-state index in [1.165, 1.54) is 16.4 Å². The van der Waals surface area contributed by atoms with Gasteiger partial charge in [-0.1, -0.05) is 6.07 Å². The Morgan fingerprint density at radius 1 is 1.16 bits per heavy atom. The van der Waals surface area contributed by atoms with Crippen LogP contribution in [0.25, 0.3) is 0 Å². The molecule has 2 N–H and O–H groups in total. The van der Waals surface area contributed by atoms with E-state index in [1.807, 2.05) is 32.0 Å². The number of aryl methyl sites for hydroxylation is 2. The Kier molecular flexibility index (Phi) is 5.96. The zero-order chi connectivity index (χ0) is 23.0. The van der Waals surface area contributed by atoms with Crippen LogP contribution in [0.2, 0.25) is 0 Å². The van der Waals surface area contributed by atoms with Crippen LogP contribution in [-0.4, -0.2) is 43.7 Å². The van der Waals surface area contributed by atoms with Gasteiger partial charge >= 0.3 is 0 Å². The van der Waals surface area contributed by atoms with E-state index < -0.39 is 22.0 Å². The number of amides is 2. The van der Waals surface area contributed by atoms with E-state index in [4.69, 9.17) is 4.74 Å². The molecule has 0 aliphatic carbocycles. The molecule has 8 nitrogen and oxygen atoms in total. The van der Waals surface area contributed by atoms with Gasteiger partial charge in [-0.3, -0.25) is 9.59 Å². The van der Waals surface area contributed by atoms with E-state index in [2.05, 4.69) is 10.6 Å². The maximum absolute atomic E-state index is 13.3. The first-order chi connectivity index (χ1) is 15.1. The number of rotatable bonds is 4. The molecule has 9 heteroatoms. The van der Waals surface area contributed by atoms with Gasteiger partial charge in [0, 0.05) is 18.8 Å². The van der Waals surface area contributed by atoms with E-state index in [0.717, 1.165) is 11.1 Å². The number of carbonyl (C=O) groups is 2. The Balaban J connectivity index is 1.50. The molecule has 0 unspecified atom stereocenters. The van der Waals surface area contributed by atoms with E-state index in [0.29, 0.717) is 36.5 Å². The Bertz CT molecular complexity index is 1180. The summed E-state index contributed by atoms with van der Waals surface area (Å²) < 4.78 is 33.4. The second-order valence-electron chi connectivity index (χ2n) is 8.40. The van der Waals surface area contributed by atoms with Crippen molar-refractivity contribution < 1.29 is 22.7 Å². The second kappa shape index (κ2) is 8.55. The monoisotopic (exact) mass is 457 g/mol. The van der Waals surface area contributed by atoms with Crippen LogP contribution in [-0.2, 0) is 19.6 Å². The maximum Gasteiger partial charge on any atom is 0.265 e. The fourth-order valence-electron chi connectivity index (χ4n) is 3.94. The Labute approximate surface area is 188 Å². The van der Waals surface area contributed by atoms with Gasteiger partial charge in [0.25, 0.3) is 5.91 Å². The zero-order valence-corrected chi connectivity index (χ0v) is 19.2. The standard InChI is InChI=1S/C23H27N3O5S/c1-14-6-7-18(11-15(14)2)24-23(28)17-5-4-10-26(13-17)32(29,30)19-8-9-21-20(12-19)25-22(27)16(3)31-21/h6-9,11-12,16-17H,4-5,10,13H2,1-3H3,(H,24,28)(H,25,27)/t16-,17+/m0/s1. The molecule has 2 aromatic rings. The van der Waals surface area contributed by atoms with Gasteiger partial charge in [0.05, 0.1) is 16.5 Å². The molecule has 1 saturated heterocycles. The summed E-state index contributed by atoms with van der Waals surface area (Å²) in [4.78, 5) is 24.8. The zero-order valence-electron chi connectivity index (χ0n) is 18.3. The van der Waals surface area contributed by atoms with Crippen molar-refractivity contribution in [2.45, 2.75) is 44.6 Å². The fraction of sp³-hybridized carbons (Fsp3) is 0.391. The van der Waals surface area contributed by atoms with Crippen molar-refractivity contribution in [3.63, 3.8) is 0 Å². The highest BCUT2D eigenvalue weighted by molar-refractivity contribution is 7.89. The van der Waals surface area contributed by atoms with Crippen LogP contribution < -0.4 is 15.4 Å². The molecule has 4 rings (SSSR count). The Morgan fingerprint density at radius 3 is 2.69 bits per heavy atom. The summed E-state index contributed by atoms with van der Waals surface area (Å²) in [5.41, 5.74) is 3.25. The number of benzene rings is 2. The van der Waals surface area contributed by atoms with Crippen LogP contribution in [0.5, 0.6) is 5.75 Å². The predicted octanol–water partition coefficient (Wildman–Crippen LogP) is 3.06. The number of hydrogen-bond donors (Lipinski definition) is 2. The fourth-order valence-corrected chi connectivity index (χ4v) is 5.49. The lowest BCUT2D eigenvalue weighted by atomic mass is 9.98. The summed E-state index contributed by atoms with van der Waals surface area (Å²) in [6.07, 6.45) is 0.574. The minimum Gasteiger partial charge on any atom is -0.479 e. The van der Waals surface area contributed by atoms with Crippen molar-refractivity contribution in [3.05, 3.63) is 47.5 Å². The third-order valence-electron chi connectivity index (χ3n) is 6.05. The molecule has 2 heterocycles. The molecular formula is C23H27N3O5S. The topological polar surface area (TPSA) is 105 Å². The average molecular weight is 458 g/mol.